The van der Waals surface area contributed by atoms with E-state index in [1.54, 1.807) is 11.8 Å². The summed E-state index contributed by atoms with van der Waals surface area (Å²) in [5.41, 5.74) is 8.03. The summed E-state index contributed by atoms with van der Waals surface area (Å²) in [6.45, 7) is 2.14. The molecule has 0 aromatic heterocycles. The van der Waals surface area contributed by atoms with Crippen LogP contribution in [-0.2, 0) is 0 Å². The van der Waals surface area contributed by atoms with E-state index in [0.29, 0.717) is 11.0 Å². The molecule has 0 amide bonds. The minimum absolute atomic E-state index is 0.488. The molecule has 1 aliphatic rings. The average molecular weight is 313 g/mol. The third kappa shape index (κ3) is 4.04. The van der Waals surface area contributed by atoms with E-state index in [2.05, 4.69) is 30.4 Å². The van der Waals surface area contributed by atoms with E-state index in [1.165, 1.54) is 29.2 Å². The molecular weight excluding hydrogens is 292 g/mol. The fourth-order valence-electron chi connectivity index (χ4n) is 2.26. The molecule has 19 heavy (non-hydrogen) atoms. The first-order chi connectivity index (χ1) is 9.22. The molecule has 104 valence electrons. The van der Waals surface area contributed by atoms with Crippen LogP contribution in [0.1, 0.15) is 25.3 Å². The molecule has 1 atom stereocenters. The third-order valence-electron chi connectivity index (χ3n) is 3.09. The van der Waals surface area contributed by atoms with Crippen molar-refractivity contribution in [2.45, 2.75) is 30.7 Å². The molecule has 1 aromatic carbocycles. The maximum atomic E-state index is 5.92. The van der Waals surface area contributed by atoms with E-state index in [-0.39, 0.29) is 0 Å². The molecule has 0 radical (unpaired) electrons. The van der Waals surface area contributed by atoms with Crippen LogP contribution in [0.5, 0.6) is 0 Å². The zero-order valence-corrected chi connectivity index (χ0v) is 13.6. The van der Waals surface area contributed by atoms with Crippen molar-refractivity contribution in [3.63, 3.8) is 0 Å². The van der Waals surface area contributed by atoms with Gasteiger partial charge in [0.25, 0.3) is 0 Å². The topological polar surface area (TPSA) is 38.0 Å². The second kappa shape index (κ2) is 7.41. The Bertz CT molecular complexity index is 442. The molecule has 1 heterocycles. The smallest absolute Gasteiger partial charge is 0.107 e. The minimum Gasteiger partial charge on any atom is -0.389 e. The first kappa shape index (κ1) is 15.0. The largest absolute Gasteiger partial charge is 0.389 e. The average Bonchev–Trinajstić information content (AvgIpc) is 2.40. The Balaban J connectivity index is 2.22. The van der Waals surface area contributed by atoms with E-state index in [4.69, 9.17) is 18.0 Å². The van der Waals surface area contributed by atoms with Crippen LogP contribution in [-0.4, -0.2) is 28.3 Å². The third-order valence-corrected chi connectivity index (χ3v) is 5.45. The van der Waals surface area contributed by atoms with E-state index in [0.717, 1.165) is 17.0 Å². The van der Waals surface area contributed by atoms with Gasteiger partial charge >= 0.3 is 0 Å². The second-order valence-corrected chi connectivity index (χ2v) is 7.43. The van der Waals surface area contributed by atoms with Crippen molar-refractivity contribution < 1.29 is 0 Å². The van der Waals surface area contributed by atoms with E-state index in [1.807, 2.05) is 11.8 Å². The Morgan fingerprint density at radius 2 is 2.42 bits per heavy atom. The van der Waals surface area contributed by atoms with Crippen LogP contribution in [0.4, 0.5) is 5.69 Å². The van der Waals surface area contributed by atoms with Crippen molar-refractivity contribution in [2.24, 2.45) is 5.73 Å². The maximum Gasteiger partial charge on any atom is 0.107 e. The number of thiocarbonyl (C=S) groups is 1. The van der Waals surface area contributed by atoms with Crippen LogP contribution in [0.15, 0.2) is 23.1 Å². The Hall–Kier alpha value is -0.390. The number of hydrogen-bond donors (Lipinski definition) is 2. The molecule has 0 spiro atoms. The first-order valence-electron chi connectivity index (χ1n) is 6.62. The molecule has 2 rings (SSSR count). The molecule has 0 saturated carbocycles. The van der Waals surface area contributed by atoms with Crippen LogP contribution >= 0.6 is 35.7 Å². The summed E-state index contributed by atoms with van der Waals surface area (Å²) in [6.07, 6.45) is 2.52. The van der Waals surface area contributed by atoms with E-state index < -0.39 is 0 Å². The summed E-state index contributed by atoms with van der Waals surface area (Å²) in [7, 11) is 0. The number of nitrogens with one attached hydrogen (secondary N) is 1. The predicted octanol–water partition coefficient (Wildman–Crippen LogP) is 3.74. The van der Waals surface area contributed by atoms with Gasteiger partial charge in [0, 0.05) is 27.9 Å². The highest BCUT2D eigenvalue weighted by Gasteiger charge is 2.17. The van der Waals surface area contributed by atoms with E-state index >= 15 is 0 Å². The number of thioether (sulfide) groups is 2. The van der Waals surface area contributed by atoms with E-state index in [9.17, 15) is 0 Å². The molecular formula is C14H20N2S3. The van der Waals surface area contributed by atoms with Crippen LogP contribution in [0.2, 0.25) is 0 Å². The van der Waals surface area contributed by atoms with Crippen molar-refractivity contribution in [1.29, 1.82) is 0 Å². The van der Waals surface area contributed by atoms with Crippen molar-refractivity contribution in [3.05, 3.63) is 23.8 Å². The fraction of sp³-hybridized carbons (Fsp3) is 0.500. The Labute approximate surface area is 129 Å². The highest BCUT2D eigenvalue weighted by Crippen LogP contribution is 2.30. The second-order valence-electron chi connectivity index (χ2n) is 4.53. The maximum absolute atomic E-state index is 5.92. The molecule has 1 aliphatic heterocycles. The van der Waals surface area contributed by atoms with Crippen molar-refractivity contribution >= 4 is 46.4 Å². The molecule has 1 saturated heterocycles. The fourth-order valence-corrected chi connectivity index (χ4v) is 4.46. The van der Waals surface area contributed by atoms with Gasteiger partial charge in [0.2, 0.25) is 0 Å². The zero-order chi connectivity index (χ0) is 13.7. The number of anilines is 1. The lowest BCUT2D eigenvalue weighted by atomic mass is 10.1. The Morgan fingerprint density at radius 3 is 3.05 bits per heavy atom. The number of hydrogen-bond acceptors (Lipinski definition) is 4. The van der Waals surface area contributed by atoms with Gasteiger partial charge in [-0.3, -0.25) is 0 Å². The summed E-state index contributed by atoms with van der Waals surface area (Å²) in [5.74, 6) is 3.48. The molecule has 1 unspecified atom stereocenters. The Kier molecular flexibility index (Phi) is 5.85. The number of nitrogens with two attached hydrogens (primary N) is 1. The lowest BCUT2D eigenvalue weighted by molar-refractivity contribution is 0.685. The zero-order valence-electron chi connectivity index (χ0n) is 11.1. The van der Waals surface area contributed by atoms with Gasteiger partial charge in [0.1, 0.15) is 4.99 Å². The van der Waals surface area contributed by atoms with Gasteiger partial charge in [-0.05, 0) is 36.5 Å². The molecule has 2 nitrogen and oxygen atoms in total. The SMILES string of the molecule is CCSc1cccc(NC2CCCSC2)c1C(N)=S. The van der Waals surface area contributed by atoms with Crippen molar-refractivity contribution in [1.82, 2.24) is 0 Å². The lowest BCUT2D eigenvalue weighted by Gasteiger charge is -2.25. The van der Waals surface area contributed by atoms with Crippen LogP contribution < -0.4 is 11.1 Å². The summed E-state index contributed by atoms with van der Waals surface area (Å²) in [5, 5.41) is 3.63. The predicted molar refractivity (Wildman–Crippen MR) is 92.7 cm³/mol. The first-order valence-corrected chi connectivity index (χ1v) is 9.17. The Morgan fingerprint density at radius 1 is 1.58 bits per heavy atom. The summed E-state index contributed by atoms with van der Waals surface area (Å²) >= 11 is 9.05. The normalized spacial score (nSPS) is 19.1. The quantitative estimate of drug-likeness (QED) is 0.640. The van der Waals surface area contributed by atoms with Crippen molar-refractivity contribution in [3.8, 4) is 0 Å². The monoisotopic (exact) mass is 312 g/mol. The van der Waals surface area contributed by atoms with Gasteiger partial charge in [-0.15, -0.1) is 11.8 Å². The van der Waals surface area contributed by atoms with Gasteiger partial charge < -0.3 is 11.1 Å². The van der Waals surface area contributed by atoms with Gasteiger partial charge in [-0.1, -0.05) is 25.2 Å². The standard InChI is InChI=1S/C14H20N2S3/c1-2-19-12-7-3-6-11(13(12)14(15)17)16-10-5-4-8-18-9-10/h3,6-7,10,16H,2,4-5,8-9H2,1H3,(H2,15,17). The summed E-state index contributed by atoms with van der Waals surface area (Å²) < 4.78 is 0. The molecule has 0 aliphatic carbocycles. The van der Waals surface area contributed by atoms with Gasteiger partial charge in [-0.25, -0.2) is 0 Å². The van der Waals surface area contributed by atoms with Gasteiger partial charge in [0.15, 0.2) is 0 Å². The summed E-state index contributed by atoms with van der Waals surface area (Å²) in [4.78, 5) is 1.67. The van der Waals surface area contributed by atoms with Crippen LogP contribution in [0.25, 0.3) is 0 Å². The highest BCUT2D eigenvalue weighted by molar-refractivity contribution is 7.99. The molecule has 5 heteroatoms. The number of benzene rings is 1. The number of rotatable bonds is 5. The lowest BCUT2D eigenvalue weighted by Crippen LogP contribution is -2.27. The molecule has 0 bridgehead atoms. The molecule has 1 fully saturated rings. The van der Waals surface area contributed by atoms with Crippen LogP contribution in [0, 0.1) is 0 Å². The highest BCUT2D eigenvalue weighted by atomic mass is 32.2. The van der Waals surface area contributed by atoms with Gasteiger partial charge in [0.05, 0.1) is 0 Å². The minimum atomic E-state index is 0.488. The molecule has 3 N–H and O–H groups in total. The van der Waals surface area contributed by atoms with Crippen LogP contribution in [0.3, 0.4) is 0 Å². The van der Waals surface area contributed by atoms with Gasteiger partial charge in [-0.2, -0.15) is 11.8 Å². The van der Waals surface area contributed by atoms with Crippen molar-refractivity contribution in [2.75, 3.05) is 22.6 Å². The molecule has 1 aromatic rings. The summed E-state index contributed by atoms with van der Waals surface area (Å²) in [6, 6.07) is 6.81.